The van der Waals surface area contributed by atoms with E-state index in [-0.39, 0.29) is 12.3 Å². The summed E-state index contributed by atoms with van der Waals surface area (Å²) in [6.07, 6.45) is 1.48. The SMILES string of the molecule is OC(CNC(=NCc1cccs1)NCCc1ccco1)c1ccc(OC(F)F)cc1. The lowest BCUT2D eigenvalue weighted by Crippen LogP contribution is -2.40. The Balaban J connectivity index is 1.54. The Hall–Kier alpha value is -2.91. The van der Waals surface area contributed by atoms with Crippen molar-refractivity contribution < 1.29 is 23.0 Å². The zero-order chi connectivity index (χ0) is 21.2. The molecule has 1 unspecified atom stereocenters. The Bertz CT molecular complexity index is 885. The van der Waals surface area contributed by atoms with Gasteiger partial charge in [-0.05, 0) is 41.3 Å². The molecule has 0 aliphatic carbocycles. The van der Waals surface area contributed by atoms with Gasteiger partial charge in [-0.15, -0.1) is 11.3 Å². The zero-order valence-electron chi connectivity index (χ0n) is 16.1. The molecule has 0 spiro atoms. The molecular formula is C21H23F2N3O3S. The van der Waals surface area contributed by atoms with Crippen LogP contribution in [0.15, 0.2) is 69.6 Å². The van der Waals surface area contributed by atoms with Gasteiger partial charge in [0.1, 0.15) is 11.5 Å². The van der Waals surface area contributed by atoms with Crippen molar-refractivity contribution in [3.63, 3.8) is 0 Å². The minimum absolute atomic E-state index is 0.0479. The monoisotopic (exact) mass is 435 g/mol. The van der Waals surface area contributed by atoms with Gasteiger partial charge in [-0.2, -0.15) is 8.78 Å². The quantitative estimate of drug-likeness (QED) is 0.332. The third-order valence-electron chi connectivity index (χ3n) is 4.17. The number of thiophene rings is 1. The van der Waals surface area contributed by atoms with Gasteiger partial charge < -0.3 is 24.9 Å². The number of halogens is 2. The standard InChI is InChI=1S/C21H23F2N3O3S/c22-20(23)29-17-7-5-15(6-8-17)19(27)14-26-21(25-13-18-4-2-12-30-18)24-10-9-16-3-1-11-28-16/h1-8,11-12,19-20,27H,9-10,13-14H2,(H2,24,25,26). The molecule has 1 atom stereocenters. The minimum atomic E-state index is -2.88. The lowest BCUT2D eigenvalue weighted by atomic mass is 10.1. The summed E-state index contributed by atoms with van der Waals surface area (Å²) in [6.45, 7) is -1.55. The molecule has 0 aliphatic rings. The first-order valence-electron chi connectivity index (χ1n) is 9.40. The van der Waals surface area contributed by atoms with Gasteiger partial charge in [0, 0.05) is 24.4 Å². The van der Waals surface area contributed by atoms with E-state index in [2.05, 4.69) is 20.4 Å². The predicted octanol–water partition coefficient (Wildman–Crippen LogP) is 3.95. The first-order valence-corrected chi connectivity index (χ1v) is 10.3. The van der Waals surface area contributed by atoms with Crippen LogP contribution in [0.1, 0.15) is 22.3 Å². The molecule has 0 saturated heterocycles. The summed E-state index contributed by atoms with van der Waals surface area (Å²) >= 11 is 1.62. The summed E-state index contributed by atoms with van der Waals surface area (Å²) in [4.78, 5) is 5.68. The van der Waals surface area contributed by atoms with Crippen LogP contribution in [0.5, 0.6) is 5.75 Å². The number of aliphatic imine (C=N–C) groups is 1. The van der Waals surface area contributed by atoms with Gasteiger partial charge in [0.05, 0.1) is 18.9 Å². The van der Waals surface area contributed by atoms with Crippen LogP contribution in [0.4, 0.5) is 8.78 Å². The molecule has 1 aromatic carbocycles. The van der Waals surface area contributed by atoms with Crippen LogP contribution in [0.25, 0.3) is 0 Å². The van der Waals surface area contributed by atoms with Crippen LogP contribution in [-0.4, -0.2) is 30.8 Å². The van der Waals surface area contributed by atoms with Crippen molar-refractivity contribution in [2.45, 2.75) is 25.7 Å². The Morgan fingerprint density at radius 3 is 2.63 bits per heavy atom. The maximum Gasteiger partial charge on any atom is 0.387 e. The second-order valence-corrected chi connectivity index (χ2v) is 7.38. The molecule has 160 valence electrons. The van der Waals surface area contributed by atoms with Gasteiger partial charge in [-0.1, -0.05) is 18.2 Å². The highest BCUT2D eigenvalue weighted by Gasteiger charge is 2.11. The largest absolute Gasteiger partial charge is 0.469 e. The molecule has 3 N–H and O–H groups in total. The molecule has 6 nitrogen and oxygen atoms in total. The van der Waals surface area contributed by atoms with E-state index in [9.17, 15) is 13.9 Å². The van der Waals surface area contributed by atoms with Crippen molar-refractivity contribution >= 4 is 17.3 Å². The number of hydrogen-bond acceptors (Lipinski definition) is 5. The number of aliphatic hydroxyl groups is 1. The van der Waals surface area contributed by atoms with Crippen LogP contribution in [0.2, 0.25) is 0 Å². The van der Waals surface area contributed by atoms with Gasteiger partial charge in [0.2, 0.25) is 0 Å². The number of guanidine groups is 1. The Kier molecular flexibility index (Phi) is 8.22. The maximum atomic E-state index is 12.2. The molecule has 0 aliphatic heterocycles. The van der Waals surface area contributed by atoms with Crippen molar-refractivity contribution in [3.8, 4) is 5.75 Å². The normalized spacial score (nSPS) is 12.7. The van der Waals surface area contributed by atoms with Crippen LogP contribution in [0.3, 0.4) is 0 Å². The van der Waals surface area contributed by atoms with E-state index in [1.165, 1.54) is 12.1 Å². The molecule has 0 saturated carbocycles. The minimum Gasteiger partial charge on any atom is -0.469 e. The summed E-state index contributed by atoms with van der Waals surface area (Å²) in [6, 6.07) is 13.6. The summed E-state index contributed by atoms with van der Waals surface area (Å²) < 4.78 is 34.1. The Morgan fingerprint density at radius 1 is 1.13 bits per heavy atom. The van der Waals surface area contributed by atoms with Crippen LogP contribution in [-0.2, 0) is 13.0 Å². The highest BCUT2D eigenvalue weighted by molar-refractivity contribution is 7.09. The highest BCUT2D eigenvalue weighted by Crippen LogP contribution is 2.19. The number of nitrogens with zero attached hydrogens (tertiary/aromatic N) is 1. The smallest absolute Gasteiger partial charge is 0.387 e. The van der Waals surface area contributed by atoms with Crippen LogP contribution >= 0.6 is 11.3 Å². The fourth-order valence-corrected chi connectivity index (χ4v) is 3.30. The average molecular weight is 435 g/mol. The van der Waals surface area contributed by atoms with E-state index < -0.39 is 12.7 Å². The van der Waals surface area contributed by atoms with E-state index >= 15 is 0 Å². The zero-order valence-corrected chi connectivity index (χ0v) is 16.9. The topological polar surface area (TPSA) is 79.0 Å². The van der Waals surface area contributed by atoms with Gasteiger partial charge in [-0.3, -0.25) is 0 Å². The summed E-state index contributed by atoms with van der Waals surface area (Å²) in [5, 5.41) is 18.8. The molecule has 3 rings (SSSR count). The number of hydrogen-bond donors (Lipinski definition) is 3. The van der Waals surface area contributed by atoms with Crippen molar-refractivity contribution in [1.82, 2.24) is 10.6 Å². The fourth-order valence-electron chi connectivity index (χ4n) is 2.68. The second-order valence-electron chi connectivity index (χ2n) is 6.34. The second kappa shape index (κ2) is 11.3. The van der Waals surface area contributed by atoms with E-state index in [0.717, 1.165) is 10.6 Å². The highest BCUT2D eigenvalue weighted by atomic mass is 32.1. The number of benzene rings is 1. The third-order valence-corrected chi connectivity index (χ3v) is 5.03. The van der Waals surface area contributed by atoms with E-state index in [0.29, 0.717) is 31.0 Å². The molecule has 3 aromatic rings. The number of nitrogens with one attached hydrogen (secondary N) is 2. The van der Waals surface area contributed by atoms with Gasteiger partial charge in [0.25, 0.3) is 0 Å². The number of furan rings is 1. The van der Waals surface area contributed by atoms with Crippen molar-refractivity contribution in [2.24, 2.45) is 4.99 Å². The molecule has 2 heterocycles. The maximum absolute atomic E-state index is 12.2. The number of alkyl halides is 2. The Morgan fingerprint density at radius 2 is 1.97 bits per heavy atom. The number of rotatable bonds is 10. The summed E-state index contributed by atoms with van der Waals surface area (Å²) in [5.74, 6) is 1.48. The van der Waals surface area contributed by atoms with E-state index in [4.69, 9.17) is 4.42 Å². The van der Waals surface area contributed by atoms with Crippen LogP contribution in [0, 0.1) is 0 Å². The molecule has 0 radical (unpaired) electrons. The first-order chi connectivity index (χ1) is 14.6. The van der Waals surface area contributed by atoms with Gasteiger partial charge >= 0.3 is 6.61 Å². The molecule has 0 fully saturated rings. The Labute approximate surface area is 177 Å². The molecular weight excluding hydrogens is 412 g/mol. The van der Waals surface area contributed by atoms with Crippen molar-refractivity contribution in [2.75, 3.05) is 13.1 Å². The third kappa shape index (κ3) is 7.16. The lowest BCUT2D eigenvalue weighted by molar-refractivity contribution is -0.0498. The van der Waals surface area contributed by atoms with Crippen LogP contribution < -0.4 is 15.4 Å². The molecule has 9 heteroatoms. The van der Waals surface area contributed by atoms with E-state index in [1.807, 2.05) is 29.6 Å². The fraction of sp³-hybridized carbons (Fsp3) is 0.286. The van der Waals surface area contributed by atoms with Gasteiger partial charge in [0.15, 0.2) is 5.96 Å². The molecule has 2 aromatic heterocycles. The molecule has 0 amide bonds. The van der Waals surface area contributed by atoms with Gasteiger partial charge in [-0.25, -0.2) is 4.99 Å². The average Bonchev–Trinajstić information content (AvgIpc) is 3.43. The molecule has 30 heavy (non-hydrogen) atoms. The lowest BCUT2D eigenvalue weighted by Gasteiger charge is -2.16. The number of aliphatic hydroxyl groups excluding tert-OH is 1. The number of ether oxygens (including phenoxy) is 1. The van der Waals surface area contributed by atoms with Crippen molar-refractivity contribution in [1.29, 1.82) is 0 Å². The first kappa shape index (κ1) is 21.8. The summed E-state index contributed by atoms with van der Waals surface area (Å²) in [7, 11) is 0. The van der Waals surface area contributed by atoms with Crippen molar-refractivity contribution in [3.05, 3.63) is 76.4 Å². The summed E-state index contributed by atoms with van der Waals surface area (Å²) in [5.41, 5.74) is 0.581. The molecule has 0 bridgehead atoms. The van der Waals surface area contributed by atoms with E-state index in [1.54, 1.807) is 29.7 Å². The predicted molar refractivity (Wildman–Crippen MR) is 112 cm³/mol.